The van der Waals surface area contributed by atoms with E-state index in [1.165, 1.54) is 23.1 Å². The molecule has 0 aromatic heterocycles. The molecule has 1 N–H and O–H groups in total. The topological polar surface area (TPSA) is 95.0 Å². The van der Waals surface area contributed by atoms with Crippen molar-refractivity contribution >= 4 is 52.5 Å². The molecule has 6 atom stereocenters. The molecule has 7 nitrogen and oxygen atoms in total. The Morgan fingerprint density at radius 1 is 1.00 bits per heavy atom. The molecule has 0 bridgehead atoms. The van der Waals surface area contributed by atoms with Gasteiger partial charge in [-0.15, -0.1) is 23.2 Å². The van der Waals surface area contributed by atoms with E-state index >= 15 is 0 Å². The van der Waals surface area contributed by atoms with Crippen LogP contribution in [0.5, 0.6) is 5.75 Å². The van der Waals surface area contributed by atoms with Crippen LogP contribution in [-0.2, 0) is 19.2 Å². The number of halogens is 3. The van der Waals surface area contributed by atoms with Crippen LogP contribution >= 0.6 is 23.2 Å². The van der Waals surface area contributed by atoms with Crippen LogP contribution in [-0.4, -0.2) is 49.9 Å². The zero-order chi connectivity index (χ0) is 28.7. The van der Waals surface area contributed by atoms with Crippen LogP contribution < -0.4 is 4.90 Å². The number of carbonyl (C=O) groups excluding carboxylic acids is 4. The smallest absolute Gasteiger partial charge is 0.258 e. The van der Waals surface area contributed by atoms with E-state index in [1.54, 1.807) is 19.1 Å². The summed E-state index contributed by atoms with van der Waals surface area (Å²) >= 11 is 14.6. The highest BCUT2D eigenvalue weighted by atomic mass is 35.5. The lowest BCUT2D eigenvalue weighted by molar-refractivity contribution is -0.140. The summed E-state index contributed by atoms with van der Waals surface area (Å²) in [5, 5.41) is 10.2. The van der Waals surface area contributed by atoms with Crippen molar-refractivity contribution in [3.63, 3.8) is 0 Å². The van der Waals surface area contributed by atoms with Crippen LogP contribution in [0.3, 0.4) is 0 Å². The first-order valence-electron chi connectivity index (χ1n) is 13.3. The fourth-order valence-electron chi connectivity index (χ4n) is 7.14. The van der Waals surface area contributed by atoms with Crippen molar-refractivity contribution in [1.29, 1.82) is 0 Å². The first-order chi connectivity index (χ1) is 19.0. The zero-order valence-electron chi connectivity index (χ0n) is 21.9. The van der Waals surface area contributed by atoms with Crippen LogP contribution in [0.25, 0.3) is 0 Å². The average molecular weight is 585 g/mol. The molecule has 40 heavy (non-hydrogen) atoms. The van der Waals surface area contributed by atoms with Crippen molar-refractivity contribution in [2.75, 3.05) is 11.4 Å². The number of phenolic OH excluding ortho intramolecular Hbond substituents is 1. The van der Waals surface area contributed by atoms with E-state index in [1.807, 2.05) is 13.0 Å². The minimum Gasteiger partial charge on any atom is -0.508 e. The third-order valence-corrected chi connectivity index (χ3v) is 10.4. The number of imide groups is 2. The first-order valence-corrected chi connectivity index (χ1v) is 14.1. The van der Waals surface area contributed by atoms with Gasteiger partial charge in [-0.05, 0) is 73.6 Å². The van der Waals surface area contributed by atoms with E-state index < -0.39 is 51.1 Å². The number of alkyl halides is 2. The minimum atomic E-state index is -1.99. The molecule has 3 fully saturated rings. The maximum Gasteiger partial charge on any atom is 0.258 e. The number of aryl methyl sites for hydroxylation is 1. The standard InChI is InChI=1S/C30H27Cl2FN2O5/c1-3-12-34-25(37)20-10-9-19-21(23(20)26(34)38)14-29(31)27(39)35(18-7-5-17(33)6-8-18)28(40)30(29,32)24(19)16-4-11-22(36)15(2)13-16/h4-9,11,13,20-21,23-24,36H,3,10,12,14H2,1-2H3. The number of nitrogens with zero attached hydrogens (tertiary/aromatic N) is 2. The van der Waals surface area contributed by atoms with Gasteiger partial charge in [0.15, 0.2) is 9.75 Å². The monoisotopic (exact) mass is 584 g/mol. The first kappa shape index (κ1) is 27.0. The van der Waals surface area contributed by atoms with Gasteiger partial charge < -0.3 is 5.11 Å². The minimum absolute atomic E-state index is 0.0445. The number of benzene rings is 2. The Morgan fingerprint density at radius 2 is 1.70 bits per heavy atom. The molecule has 2 saturated heterocycles. The lowest BCUT2D eigenvalue weighted by Gasteiger charge is -2.50. The maximum absolute atomic E-state index is 14.2. The number of allylic oxidation sites excluding steroid dienone is 2. The summed E-state index contributed by atoms with van der Waals surface area (Å²) in [6.07, 6.45) is 2.65. The summed E-state index contributed by atoms with van der Waals surface area (Å²) in [6, 6.07) is 9.71. The Bertz CT molecular complexity index is 1510. The number of rotatable bonds is 4. The lowest BCUT2D eigenvalue weighted by atomic mass is 9.56. The van der Waals surface area contributed by atoms with Crippen molar-refractivity contribution in [2.24, 2.45) is 17.8 Å². The molecule has 2 aromatic rings. The molecule has 1 saturated carbocycles. The summed E-state index contributed by atoms with van der Waals surface area (Å²) in [5.74, 6) is -5.42. The SMILES string of the molecule is CCCN1C(=O)C2CC=C3C(CC4(Cl)C(=O)N(c5ccc(F)cc5)C(=O)C4(Cl)C3c3ccc(O)c(C)c3)C2C1=O. The van der Waals surface area contributed by atoms with Gasteiger partial charge in [-0.25, -0.2) is 9.29 Å². The molecule has 2 aliphatic heterocycles. The largest absolute Gasteiger partial charge is 0.508 e. The molecule has 208 valence electrons. The Labute approximate surface area is 240 Å². The summed E-state index contributed by atoms with van der Waals surface area (Å²) in [4.78, 5) is 53.5. The number of anilines is 1. The number of hydrogen-bond donors (Lipinski definition) is 1. The second-order valence-electron chi connectivity index (χ2n) is 11.1. The number of phenols is 1. The molecule has 4 amide bonds. The lowest BCUT2D eigenvalue weighted by Crippen LogP contribution is -2.60. The summed E-state index contributed by atoms with van der Waals surface area (Å²) in [7, 11) is 0. The van der Waals surface area contributed by atoms with Crippen molar-refractivity contribution in [3.05, 3.63) is 71.1 Å². The number of hydrogen-bond acceptors (Lipinski definition) is 5. The van der Waals surface area contributed by atoms with Crippen LogP contribution in [0.2, 0.25) is 0 Å². The van der Waals surface area contributed by atoms with E-state index in [9.17, 15) is 28.7 Å². The molecule has 0 radical (unpaired) electrons. The van der Waals surface area contributed by atoms with Gasteiger partial charge in [0, 0.05) is 12.5 Å². The van der Waals surface area contributed by atoms with Gasteiger partial charge in [-0.3, -0.25) is 24.1 Å². The van der Waals surface area contributed by atoms with E-state index in [4.69, 9.17) is 23.2 Å². The molecular weight excluding hydrogens is 558 g/mol. The second-order valence-corrected chi connectivity index (χ2v) is 12.4. The fourth-order valence-corrected chi connectivity index (χ4v) is 8.08. The molecule has 2 aromatic carbocycles. The van der Waals surface area contributed by atoms with Crippen molar-refractivity contribution < 1.29 is 28.7 Å². The summed E-state index contributed by atoms with van der Waals surface area (Å²) in [5.41, 5.74) is 1.89. The Morgan fingerprint density at radius 3 is 2.35 bits per heavy atom. The zero-order valence-corrected chi connectivity index (χ0v) is 23.4. The Kier molecular flexibility index (Phi) is 6.16. The highest BCUT2D eigenvalue weighted by Crippen LogP contribution is 2.65. The number of aromatic hydroxyl groups is 1. The van der Waals surface area contributed by atoms with Crippen molar-refractivity contribution in [1.82, 2.24) is 4.90 Å². The molecule has 10 heteroatoms. The molecule has 6 rings (SSSR count). The highest BCUT2D eigenvalue weighted by molar-refractivity contribution is 6.58. The third-order valence-electron chi connectivity index (χ3n) is 8.99. The van der Waals surface area contributed by atoms with Crippen LogP contribution in [0, 0.1) is 30.5 Å². The molecular formula is C30H27Cl2FN2O5. The second kappa shape index (κ2) is 9.14. The van der Waals surface area contributed by atoms with Gasteiger partial charge >= 0.3 is 0 Å². The van der Waals surface area contributed by atoms with Crippen LogP contribution in [0.1, 0.15) is 43.2 Å². The summed E-state index contributed by atoms with van der Waals surface area (Å²) < 4.78 is 13.7. The predicted octanol–water partition coefficient (Wildman–Crippen LogP) is 4.81. The fraction of sp³-hybridized carbons (Fsp3) is 0.400. The van der Waals surface area contributed by atoms with Crippen molar-refractivity contribution in [2.45, 2.75) is 48.8 Å². The number of fused-ring (bicyclic) bond motifs is 4. The van der Waals surface area contributed by atoms with E-state index in [0.717, 1.165) is 17.0 Å². The summed E-state index contributed by atoms with van der Waals surface area (Å²) in [6.45, 7) is 3.89. The van der Waals surface area contributed by atoms with E-state index in [2.05, 4.69) is 0 Å². The Hall–Kier alpha value is -3.23. The molecule has 2 aliphatic carbocycles. The molecule has 0 spiro atoms. The highest BCUT2D eigenvalue weighted by Gasteiger charge is 2.76. The van der Waals surface area contributed by atoms with Crippen molar-refractivity contribution in [3.8, 4) is 5.75 Å². The number of likely N-dealkylation sites (tertiary alicyclic amines) is 1. The van der Waals surface area contributed by atoms with Gasteiger partial charge in [-0.1, -0.05) is 30.7 Å². The quantitative estimate of drug-likeness (QED) is 0.316. The molecule has 2 heterocycles. The van der Waals surface area contributed by atoms with Gasteiger partial charge in [0.2, 0.25) is 11.8 Å². The van der Waals surface area contributed by atoms with Gasteiger partial charge in [-0.2, -0.15) is 0 Å². The van der Waals surface area contributed by atoms with Gasteiger partial charge in [0.1, 0.15) is 11.6 Å². The predicted molar refractivity (Wildman–Crippen MR) is 146 cm³/mol. The number of carbonyl (C=O) groups is 4. The molecule has 4 aliphatic rings. The van der Waals surface area contributed by atoms with Gasteiger partial charge in [0.05, 0.1) is 17.5 Å². The Balaban J connectivity index is 1.55. The molecule has 6 unspecified atom stereocenters. The van der Waals surface area contributed by atoms with E-state index in [-0.39, 0.29) is 29.7 Å². The number of amides is 4. The van der Waals surface area contributed by atoms with Gasteiger partial charge in [0.25, 0.3) is 11.8 Å². The van der Waals surface area contributed by atoms with Crippen LogP contribution in [0.4, 0.5) is 10.1 Å². The average Bonchev–Trinajstić information content (AvgIpc) is 3.25. The third kappa shape index (κ3) is 3.41. The van der Waals surface area contributed by atoms with E-state index in [0.29, 0.717) is 36.1 Å². The van der Waals surface area contributed by atoms with Crippen LogP contribution in [0.15, 0.2) is 54.1 Å². The maximum atomic E-state index is 14.2. The normalized spacial score (nSPS) is 33.2.